The second-order valence-electron chi connectivity index (χ2n) is 8.83. The van der Waals surface area contributed by atoms with Crippen molar-refractivity contribution in [3.05, 3.63) is 58.1 Å². The summed E-state index contributed by atoms with van der Waals surface area (Å²) in [7, 11) is 3.42. The number of nitrogens with one attached hydrogen (secondary N) is 1. The molecule has 0 aromatic heterocycles. The minimum absolute atomic E-state index is 0.00836. The highest BCUT2D eigenvalue weighted by Gasteiger charge is 2.35. The lowest BCUT2D eigenvalue weighted by Crippen LogP contribution is -2.42. The maximum atomic E-state index is 11.8. The normalized spacial score (nSPS) is 20.1. The number of benzene rings is 2. The Morgan fingerprint density at radius 2 is 2.12 bits per heavy atom. The quantitative estimate of drug-likeness (QED) is 0.436. The van der Waals surface area contributed by atoms with Crippen LogP contribution in [0.1, 0.15) is 50.3 Å². The van der Waals surface area contributed by atoms with Gasteiger partial charge < -0.3 is 9.64 Å². The first-order valence-corrected chi connectivity index (χ1v) is 12.3. The summed E-state index contributed by atoms with van der Waals surface area (Å²) >= 11 is 7.72. The van der Waals surface area contributed by atoms with Crippen LogP contribution in [0.5, 0.6) is 5.75 Å². The van der Waals surface area contributed by atoms with E-state index in [0.29, 0.717) is 10.8 Å². The van der Waals surface area contributed by atoms with Crippen molar-refractivity contribution in [3.8, 4) is 5.75 Å². The summed E-state index contributed by atoms with van der Waals surface area (Å²) < 4.78 is 5.31. The van der Waals surface area contributed by atoms with E-state index in [0.717, 1.165) is 47.7 Å². The third kappa shape index (κ3) is 4.49. The number of methoxy groups -OCH3 is 1. The van der Waals surface area contributed by atoms with E-state index in [1.54, 1.807) is 7.11 Å². The van der Waals surface area contributed by atoms with Gasteiger partial charge in [-0.05, 0) is 59.7 Å². The first-order chi connectivity index (χ1) is 15.8. The highest BCUT2D eigenvalue weighted by Crippen LogP contribution is 2.42. The molecule has 0 spiro atoms. The van der Waals surface area contributed by atoms with E-state index >= 15 is 0 Å². The Labute approximate surface area is 204 Å². The average molecular weight is 485 g/mol. The van der Waals surface area contributed by atoms with Gasteiger partial charge in [0.05, 0.1) is 23.1 Å². The smallest absolute Gasteiger partial charge is 0.299 e. The number of ether oxygens (including phenoxy) is 1. The zero-order valence-corrected chi connectivity index (χ0v) is 21.2. The minimum Gasteiger partial charge on any atom is -0.495 e. The molecular weight excluding hydrogens is 456 g/mol. The first kappa shape index (κ1) is 23.6. The van der Waals surface area contributed by atoms with E-state index < -0.39 is 0 Å². The number of hydrogen-bond acceptors (Lipinski definition) is 5. The lowest BCUT2D eigenvalue weighted by Gasteiger charge is -2.41. The van der Waals surface area contributed by atoms with Gasteiger partial charge in [0.1, 0.15) is 11.6 Å². The summed E-state index contributed by atoms with van der Waals surface area (Å²) in [5, 5.41) is 4.92. The number of amides is 1. The Hall–Kier alpha value is -2.51. The van der Waals surface area contributed by atoms with Gasteiger partial charge >= 0.3 is 0 Å². The monoisotopic (exact) mass is 484 g/mol. The summed E-state index contributed by atoms with van der Waals surface area (Å²) in [5.41, 5.74) is 7.90. The molecule has 174 valence electrons. The molecule has 2 aliphatic rings. The van der Waals surface area contributed by atoms with E-state index in [1.165, 1.54) is 17.3 Å². The SMILES string of the molecule is CCC1SC(=O)NN=C1c1ccc2c(c1)C(C)(C)CCN2C(=NC)c1ccc(OC)c(Cl)c1. The number of rotatable bonds is 4. The van der Waals surface area contributed by atoms with Crippen LogP contribution in [0.2, 0.25) is 5.02 Å². The molecular formula is C25H29ClN4O2S. The van der Waals surface area contributed by atoms with E-state index in [9.17, 15) is 4.79 Å². The molecule has 6 nitrogen and oxygen atoms in total. The van der Waals surface area contributed by atoms with Crippen molar-refractivity contribution in [2.45, 2.75) is 44.3 Å². The van der Waals surface area contributed by atoms with Crippen molar-refractivity contribution in [1.82, 2.24) is 5.43 Å². The average Bonchev–Trinajstić information content (AvgIpc) is 2.81. The number of hydrogen-bond donors (Lipinski definition) is 1. The van der Waals surface area contributed by atoms with Crippen LogP contribution in [0.4, 0.5) is 10.5 Å². The first-order valence-electron chi connectivity index (χ1n) is 11.1. The molecule has 0 fully saturated rings. The van der Waals surface area contributed by atoms with Gasteiger partial charge in [-0.25, -0.2) is 5.43 Å². The summed E-state index contributed by atoms with van der Waals surface area (Å²) in [6.45, 7) is 7.48. The van der Waals surface area contributed by atoms with Crippen LogP contribution in [0.25, 0.3) is 0 Å². The van der Waals surface area contributed by atoms with Gasteiger partial charge in [-0.2, -0.15) is 5.10 Å². The van der Waals surface area contributed by atoms with Gasteiger partial charge in [-0.3, -0.25) is 9.79 Å². The van der Waals surface area contributed by atoms with Crippen molar-refractivity contribution in [1.29, 1.82) is 0 Å². The molecule has 8 heteroatoms. The maximum absolute atomic E-state index is 11.8. The van der Waals surface area contributed by atoms with E-state index in [2.05, 4.69) is 59.4 Å². The second-order valence-corrected chi connectivity index (χ2v) is 10.4. The highest BCUT2D eigenvalue weighted by atomic mass is 35.5. The fourth-order valence-corrected chi connectivity index (χ4v) is 5.55. The van der Waals surface area contributed by atoms with Crippen LogP contribution >= 0.6 is 23.4 Å². The fraction of sp³-hybridized carbons (Fsp3) is 0.400. The van der Waals surface area contributed by atoms with Gasteiger partial charge in [0, 0.05) is 24.8 Å². The number of thioether (sulfide) groups is 1. The molecule has 2 aromatic rings. The fourth-order valence-electron chi connectivity index (χ4n) is 4.47. The summed E-state index contributed by atoms with van der Waals surface area (Å²) in [6, 6.07) is 12.2. The van der Waals surface area contributed by atoms with Gasteiger partial charge in [-0.15, -0.1) is 0 Å². The lowest BCUT2D eigenvalue weighted by molar-refractivity contribution is 0.260. The van der Waals surface area contributed by atoms with Crippen molar-refractivity contribution in [2.75, 3.05) is 25.6 Å². The number of hydrazone groups is 1. The number of carbonyl (C=O) groups is 1. The van der Waals surface area contributed by atoms with Crippen LogP contribution in [0, 0.1) is 0 Å². The van der Waals surface area contributed by atoms with Crippen LogP contribution in [0.15, 0.2) is 46.5 Å². The topological polar surface area (TPSA) is 66.3 Å². The Morgan fingerprint density at radius 1 is 1.33 bits per heavy atom. The third-order valence-electron chi connectivity index (χ3n) is 6.34. The number of carbonyl (C=O) groups excluding carboxylic acids is 1. The molecule has 2 aromatic carbocycles. The van der Waals surface area contributed by atoms with Crippen LogP contribution in [-0.2, 0) is 5.41 Å². The number of nitrogens with zero attached hydrogens (tertiary/aromatic N) is 3. The largest absolute Gasteiger partial charge is 0.495 e. The molecule has 0 radical (unpaired) electrons. The standard InChI is InChI=1S/C25H29ClN4O2S/c1-6-21-22(28-29-24(31)33-21)15-7-9-19-17(13-15)25(2,3)11-12-30(19)23(27-4)16-8-10-20(32-5)18(26)14-16/h7-10,13-14,21H,6,11-12H2,1-5H3,(H,29,31). The van der Waals surface area contributed by atoms with Gasteiger partial charge in [-0.1, -0.05) is 50.2 Å². The molecule has 2 heterocycles. The zero-order valence-electron chi connectivity index (χ0n) is 19.6. The molecule has 1 N–H and O–H groups in total. The molecule has 1 atom stereocenters. The predicted octanol–water partition coefficient (Wildman–Crippen LogP) is 5.85. The molecule has 4 rings (SSSR count). The molecule has 0 aliphatic carbocycles. The molecule has 33 heavy (non-hydrogen) atoms. The number of halogens is 1. The van der Waals surface area contributed by atoms with Crippen molar-refractivity contribution < 1.29 is 9.53 Å². The Kier molecular flexibility index (Phi) is 6.73. The second kappa shape index (κ2) is 9.39. The number of anilines is 1. The Morgan fingerprint density at radius 3 is 2.79 bits per heavy atom. The van der Waals surface area contributed by atoms with Crippen LogP contribution < -0.4 is 15.1 Å². The van der Waals surface area contributed by atoms with E-state index in [-0.39, 0.29) is 15.9 Å². The summed E-state index contributed by atoms with van der Waals surface area (Å²) in [6.07, 6.45) is 1.82. The number of amidine groups is 1. The molecule has 0 saturated heterocycles. The molecule has 1 amide bonds. The Bertz CT molecular complexity index is 1150. The molecule has 2 aliphatic heterocycles. The van der Waals surface area contributed by atoms with Gasteiger partial charge in [0.25, 0.3) is 5.24 Å². The lowest BCUT2D eigenvalue weighted by atomic mass is 9.76. The van der Waals surface area contributed by atoms with Crippen LogP contribution in [-0.4, -0.2) is 42.7 Å². The predicted molar refractivity (Wildman–Crippen MR) is 139 cm³/mol. The van der Waals surface area contributed by atoms with E-state index in [4.69, 9.17) is 16.3 Å². The van der Waals surface area contributed by atoms with Crippen molar-refractivity contribution in [2.24, 2.45) is 10.1 Å². The minimum atomic E-state index is -0.1000. The Balaban J connectivity index is 1.77. The van der Waals surface area contributed by atoms with Crippen molar-refractivity contribution >= 4 is 45.8 Å². The highest BCUT2D eigenvalue weighted by molar-refractivity contribution is 8.14. The molecule has 1 unspecified atom stereocenters. The van der Waals surface area contributed by atoms with Crippen LogP contribution in [0.3, 0.4) is 0 Å². The third-order valence-corrected chi connectivity index (χ3v) is 7.78. The molecule has 0 saturated carbocycles. The molecule has 0 bridgehead atoms. The zero-order chi connectivity index (χ0) is 23.8. The summed E-state index contributed by atoms with van der Waals surface area (Å²) in [4.78, 5) is 18.7. The maximum Gasteiger partial charge on any atom is 0.299 e. The number of fused-ring (bicyclic) bond motifs is 1. The van der Waals surface area contributed by atoms with E-state index in [1.807, 2.05) is 25.2 Å². The van der Waals surface area contributed by atoms with Gasteiger partial charge in [0.15, 0.2) is 0 Å². The van der Waals surface area contributed by atoms with Crippen molar-refractivity contribution in [3.63, 3.8) is 0 Å². The number of aliphatic imine (C=N–C) groups is 1. The van der Waals surface area contributed by atoms with Gasteiger partial charge in [0.2, 0.25) is 0 Å². The summed E-state index contributed by atoms with van der Waals surface area (Å²) in [5.74, 6) is 1.51.